The van der Waals surface area contributed by atoms with Gasteiger partial charge in [0.05, 0.1) is 25.0 Å². The van der Waals surface area contributed by atoms with Gasteiger partial charge in [-0.1, -0.05) is 0 Å². The molecular weight excluding hydrogens is 430 g/mol. The molecular formula is C25H29N7O2. The maximum atomic E-state index is 14.2. The molecule has 1 saturated carbocycles. The molecule has 2 aliphatic heterocycles. The molecule has 9 heteroatoms. The van der Waals surface area contributed by atoms with Crippen LogP contribution in [0.3, 0.4) is 0 Å². The Bertz CT molecular complexity index is 1180. The molecule has 2 N–H and O–H groups in total. The number of hydrogen-bond acceptors (Lipinski definition) is 7. The number of anilines is 2. The molecule has 1 atom stereocenters. The Morgan fingerprint density at radius 1 is 1.24 bits per heavy atom. The van der Waals surface area contributed by atoms with Gasteiger partial charge in [0.15, 0.2) is 0 Å². The summed E-state index contributed by atoms with van der Waals surface area (Å²) in [5.41, 5.74) is 3.01. The van der Waals surface area contributed by atoms with Crippen LogP contribution in [0.5, 0.6) is 5.75 Å². The molecule has 1 spiro atoms. The van der Waals surface area contributed by atoms with Crippen LogP contribution >= 0.6 is 0 Å². The second kappa shape index (κ2) is 8.39. The molecule has 1 aliphatic carbocycles. The number of likely N-dealkylation sites (tertiary alicyclic amines) is 1. The number of hydrogen-bond donors (Lipinski definition) is 2. The van der Waals surface area contributed by atoms with Crippen LogP contribution in [0.1, 0.15) is 36.2 Å². The van der Waals surface area contributed by atoms with E-state index in [1.807, 2.05) is 47.6 Å². The summed E-state index contributed by atoms with van der Waals surface area (Å²) in [7, 11) is 1.64. The van der Waals surface area contributed by atoms with Crippen LogP contribution in [0.25, 0.3) is 0 Å². The predicted octanol–water partition coefficient (Wildman–Crippen LogP) is 2.72. The normalized spacial score (nSPS) is 22.3. The van der Waals surface area contributed by atoms with Crippen LogP contribution in [0.4, 0.5) is 11.6 Å². The molecule has 1 unspecified atom stereocenters. The smallest absolute Gasteiger partial charge is 0.240 e. The number of benzene rings is 1. The van der Waals surface area contributed by atoms with E-state index in [9.17, 15) is 4.79 Å². The number of ether oxygens (including phenoxy) is 1. The lowest BCUT2D eigenvalue weighted by molar-refractivity contribution is -0.124. The third-order valence-corrected chi connectivity index (χ3v) is 7.22. The summed E-state index contributed by atoms with van der Waals surface area (Å²) >= 11 is 0. The minimum atomic E-state index is -0.706. The van der Waals surface area contributed by atoms with Crippen molar-refractivity contribution in [2.24, 2.45) is 5.92 Å². The number of methoxy groups -OCH3 is 1. The molecule has 3 aliphatic rings. The van der Waals surface area contributed by atoms with Gasteiger partial charge in [-0.3, -0.25) is 14.8 Å². The number of carbonyl (C=O) groups excluding carboxylic acids is 1. The van der Waals surface area contributed by atoms with Crippen molar-refractivity contribution in [3.05, 3.63) is 59.7 Å². The first-order valence-corrected chi connectivity index (χ1v) is 11.9. The zero-order chi connectivity index (χ0) is 23.1. The minimum absolute atomic E-state index is 0.0986. The van der Waals surface area contributed by atoms with E-state index in [-0.39, 0.29) is 5.91 Å². The number of rotatable bonds is 7. The molecule has 1 saturated heterocycles. The van der Waals surface area contributed by atoms with E-state index in [4.69, 9.17) is 9.72 Å². The van der Waals surface area contributed by atoms with Crippen LogP contribution in [0, 0.1) is 5.92 Å². The molecule has 0 bridgehead atoms. The summed E-state index contributed by atoms with van der Waals surface area (Å²) in [6.07, 6.45) is 6.98. The first-order valence-electron chi connectivity index (χ1n) is 11.9. The Hall–Kier alpha value is -3.46. The quantitative estimate of drug-likeness (QED) is 0.560. The first-order chi connectivity index (χ1) is 16.6. The first kappa shape index (κ1) is 21.1. The maximum Gasteiger partial charge on any atom is 0.240 e. The average molecular weight is 460 g/mol. The topological polar surface area (TPSA) is 99.3 Å². The molecule has 2 aromatic heterocycles. The maximum absolute atomic E-state index is 14.2. The number of nitrogens with zero attached hydrogens (tertiary/aromatic N) is 5. The standard InChI is InChI=1S/C25H29N7O2/c1-34-21-6-4-20(5-7-21)32-14-18-13-27-24(26-12-17-2-3-17)29-22(18)25(23(32)33)9-11-31(16-25)15-19-8-10-28-30-19/h4-8,10,13,17H,2-3,9,11-12,14-16H2,1H3,(H,28,30)(H,26,27,29). The molecule has 176 valence electrons. The Morgan fingerprint density at radius 2 is 2.09 bits per heavy atom. The van der Waals surface area contributed by atoms with Gasteiger partial charge in [0.2, 0.25) is 11.9 Å². The lowest BCUT2D eigenvalue weighted by atomic mass is 9.77. The van der Waals surface area contributed by atoms with E-state index in [0.29, 0.717) is 25.6 Å². The monoisotopic (exact) mass is 459 g/mol. The molecule has 6 rings (SSSR count). The van der Waals surface area contributed by atoms with Crippen molar-refractivity contribution < 1.29 is 9.53 Å². The third kappa shape index (κ3) is 3.79. The summed E-state index contributed by atoms with van der Waals surface area (Å²) in [6, 6.07) is 9.65. The van der Waals surface area contributed by atoms with E-state index < -0.39 is 5.41 Å². The zero-order valence-electron chi connectivity index (χ0n) is 19.3. The largest absolute Gasteiger partial charge is 0.497 e. The van der Waals surface area contributed by atoms with E-state index in [1.165, 1.54) is 12.8 Å². The molecule has 9 nitrogen and oxygen atoms in total. The summed E-state index contributed by atoms with van der Waals surface area (Å²) in [6.45, 7) is 3.47. The zero-order valence-corrected chi connectivity index (χ0v) is 19.3. The van der Waals surface area contributed by atoms with Crippen LogP contribution in [0.15, 0.2) is 42.7 Å². The van der Waals surface area contributed by atoms with Gasteiger partial charge in [0.1, 0.15) is 11.2 Å². The highest BCUT2D eigenvalue weighted by molar-refractivity contribution is 6.03. The number of amides is 1. The second-order valence-electron chi connectivity index (χ2n) is 9.59. The van der Waals surface area contributed by atoms with E-state index >= 15 is 0 Å². The molecule has 0 radical (unpaired) electrons. The number of fused-ring (bicyclic) bond motifs is 2. The van der Waals surface area contributed by atoms with Gasteiger partial charge < -0.3 is 15.0 Å². The molecule has 1 amide bonds. The molecule has 3 aromatic rings. The predicted molar refractivity (Wildman–Crippen MR) is 128 cm³/mol. The van der Waals surface area contributed by atoms with E-state index in [1.54, 1.807) is 7.11 Å². The number of H-pyrrole nitrogens is 1. The third-order valence-electron chi connectivity index (χ3n) is 7.22. The van der Waals surface area contributed by atoms with E-state index in [2.05, 4.69) is 25.4 Å². The molecule has 1 aromatic carbocycles. The summed E-state index contributed by atoms with van der Waals surface area (Å²) in [4.78, 5) is 27.9. The van der Waals surface area contributed by atoms with Gasteiger partial charge >= 0.3 is 0 Å². The molecule has 2 fully saturated rings. The van der Waals surface area contributed by atoms with Crippen molar-refractivity contribution in [3.8, 4) is 5.75 Å². The van der Waals surface area contributed by atoms with Crippen molar-refractivity contribution in [3.63, 3.8) is 0 Å². The number of nitrogens with one attached hydrogen (secondary N) is 2. The van der Waals surface area contributed by atoms with Gasteiger partial charge in [-0.15, -0.1) is 0 Å². The van der Waals surface area contributed by atoms with Crippen LogP contribution in [-0.4, -0.2) is 57.7 Å². The second-order valence-corrected chi connectivity index (χ2v) is 9.59. The summed E-state index contributed by atoms with van der Waals surface area (Å²) in [5, 5.41) is 10.6. The minimum Gasteiger partial charge on any atom is -0.497 e. The number of aromatic amines is 1. The van der Waals surface area contributed by atoms with Crippen molar-refractivity contribution in [2.45, 2.75) is 37.8 Å². The van der Waals surface area contributed by atoms with Crippen molar-refractivity contribution in [2.75, 3.05) is 37.0 Å². The summed E-state index contributed by atoms with van der Waals surface area (Å²) in [5.74, 6) is 2.21. The number of carbonyl (C=O) groups is 1. The highest BCUT2D eigenvalue weighted by Gasteiger charge is 2.53. The van der Waals surface area contributed by atoms with Crippen LogP contribution in [0.2, 0.25) is 0 Å². The van der Waals surface area contributed by atoms with Crippen LogP contribution < -0.4 is 15.0 Å². The SMILES string of the molecule is COc1ccc(N2Cc3cnc(NCC4CC4)nc3C3(CCN(Cc4cc[nH]n4)C3)C2=O)cc1. The summed E-state index contributed by atoms with van der Waals surface area (Å²) < 4.78 is 5.31. The number of aromatic nitrogens is 4. The molecule has 34 heavy (non-hydrogen) atoms. The fourth-order valence-electron chi connectivity index (χ4n) is 5.15. The highest BCUT2D eigenvalue weighted by atomic mass is 16.5. The van der Waals surface area contributed by atoms with Gasteiger partial charge in [-0.25, -0.2) is 9.97 Å². The lowest BCUT2D eigenvalue weighted by Gasteiger charge is -2.40. The van der Waals surface area contributed by atoms with Crippen molar-refractivity contribution in [1.82, 2.24) is 25.1 Å². The fraction of sp³-hybridized carbons (Fsp3) is 0.440. The Morgan fingerprint density at radius 3 is 2.82 bits per heavy atom. The highest BCUT2D eigenvalue weighted by Crippen LogP contribution is 2.43. The molecule has 4 heterocycles. The van der Waals surface area contributed by atoms with Gasteiger partial charge in [-0.2, -0.15) is 5.10 Å². The Balaban J connectivity index is 1.35. The van der Waals surface area contributed by atoms with E-state index in [0.717, 1.165) is 53.8 Å². The Kier molecular flexibility index (Phi) is 5.21. The van der Waals surface area contributed by atoms with Crippen LogP contribution in [-0.2, 0) is 23.3 Å². The van der Waals surface area contributed by atoms with Crippen molar-refractivity contribution in [1.29, 1.82) is 0 Å². The fourth-order valence-corrected chi connectivity index (χ4v) is 5.15. The van der Waals surface area contributed by atoms with Gasteiger partial charge in [0, 0.05) is 49.8 Å². The van der Waals surface area contributed by atoms with Gasteiger partial charge in [0.25, 0.3) is 0 Å². The Labute approximate surface area is 198 Å². The average Bonchev–Trinajstić information content (AvgIpc) is 3.38. The van der Waals surface area contributed by atoms with Crippen molar-refractivity contribution >= 4 is 17.5 Å². The lowest BCUT2D eigenvalue weighted by Crippen LogP contribution is -2.53. The van der Waals surface area contributed by atoms with Gasteiger partial charge in [-0.05, 0) is 55.5 Å².